The fourth-order valence-corrected chi connectivity index (χ4v) is 14.9. The minimum absolute atomic E-state index is 0.159. The first-order chi connectivity index (χ1) is 54.3. The molecule has 107 heavy (non-hydrogen) atoms. The molecule has 0 spiro atoms. The van der Waals surface area contributed by atoms with Crippen LogP contribution in [0.4, 0.5) is 21.6 Å². The number of rotatable bonds is 12. The Kier molecular flexibility index (Phi) is 20.6. The number of anilines is 3. The van der Waals surface area contributed by atoms with Crippen LogP contribution in [0.25, 0.3) is 62.1 Å². The normalized spacial score (nSPS) is 15.6. The van der Waals surface area contributed by atoms with Crippen LogP contribution in [0.3, 0.4) is 0 Å². The number of hydrogen-bond donors (Lipinski definition) is 0. The number of imidazole rings is 2. The van der Waals surface area contributed by atoms with Crippen molar-refractivity contribution in [2.24, 2.45) is 26.6 Å². The number of aromatic nitrogens is 7. The Morgan fingerprint density at radius 2 is 0.953 bits per heavy atom. The van der Waals surface area contributed by atoms with Crippen molar-refractivity contribution in [1.82, 2.24) is 18.8 Å². The number of hydrogen-bond acceptors (Lipinski definition) is 3. The summed E-state index contributed by atoms with van der Waals surface area (Å²) in [5, 5.41) is 0. The SMILES string of the molecule is Cc1cc(F)ccc1-c1n(-c2c(-c3ccccc3)cc(C(C)C)cc2-c2ccccc2)cc[n+]1C.Cc1ccccc1-c1n(-c2c(C(C)C)cccc2C(C)C)cc[n+]1C.Cc1ccccc1-n1ccc[n+]1C.Cc1ccccc1N1CC(C)(C)c2cccnc21.[2H]C([2H])([2H])C1(C([2H])([2H])[2H])CN(c2ccccc2C)C(C)(C)C1([2H])[2H]. The zero-order valence-corrected chi connectivity index (χ0v) is 66.0. The smallest absolute Gasteiger partial charge is 0.294 e. The van der Waals surface area contributed by atoms with Gasteiger partial charge in [-0.2, -0.15) is 9.13 Å². The van der Waals surface area contributed by atoms with Gasteiger partial charge in [0.25, 0.3) is 11.6 Å². The van der Waals surface area contributed by atoms with Crippen molar-refractivity contribution in [2.45, 2.75) is 153 Å². The van der Waals surface area contributed by atoms with E-state index >= 15 is 0 Å². The second kappa shape index (κ2) is 33.0. The standard InChI is InChI=1S/C32H30FN2.C23H29N2.C16H18N2.C15H23N.C11H13N2/c1-22(2)26-20-29(24-11-7-5-8-12-24)31(30(21-26)25-13-9-6-10-14-25)35-18-17-34(4)32(35)28-16-15-27(33)19-23(28)3;1-16(2)19-12-9-13-20(17(3)4)22(19)25-15-14-24(6)23(25)21-11-8-7-10-18(21)5;1-12-7-4-5-9-14(12)18-11-16(2,3)13-8-6-10-17-15(13)18;1-12-8-6-7-9-13(12)16-11-14(2,3)10-15(16,4)5;1-10-6-3-4-7-11(10)13-9-5-8-12(13)2/h5-22H,1-4H3;7-17H,1-6H3;4-10H,11H2,1-3H3;6-9H,10-11H2,1-5H3;3-9H,1-2H3/q2*+1;;;+1/i;;;2D3,3D3,10D2;. The van der Waals surface area contributed by atoms with Gasteiger partial charge in [-0.1, -0.05) is 227 Å². The fourth-order valence-electron chi connectivity index (χ4n) is 14.9. The highest BCUT2D eigenvalue weighted by Crippen LogP contribution is 2.46. The van der Waals surface area contributed by atoms with E-state index in [2.05, 4.69) is 322 Å². The van der Waals surface area contributed by atoms with Crippen LogP contribution < -0.4 is 23.6 Å². The summed E-state index contributed by atoms with van der Waals surface area (Å²) >= 11 is 0. The van der Waals surface area contributed by atoms with Gasteiger partial charge in [-0.05, 0) is 183 Å². The largest absolute Gasteiger partial charge is 0.366 e. The van der Waals surface area contributed by atoms with Gasteiger partial charge in [0.05, 0.1) is 31.4 Å². The molecule has 4 aromatic heterocycles. The number of pyridine rings is 1. The maximum absolute atomic E-state index is 14.0. The lowest BCUT2D eigenvalue weighted by Crippen LogP contribution is -2.38. The van der Waals surface area contributed by atoms with Gasteiger partial charge in [-0.15, -0.1) is 9.36 Å². The quantitative estimate of drug-likeness (QED) is 0.115. The van der Waals surface area contributed by atoms with Crippen LogP contribution in [-0.2, 0) is 26.6 Å². The maximum Gasteiger partial charge on any atom is 0.294 e. The van der Waals surface area contributed by atoms with E-state index in [1.807, 2.05) is 70.7 Å². The van der Waals surface area contributed by atoms with Crippen molar-refractivity contribution < 1.29 is 29.2 Å². The highest BCUT2D eigenvalue weighted by atomic mass is 19.1. The topological polar surface area (TPSA) is 45.8 Å². The second-order valence-electron chi connectivity index (χ2n) is 30.7. The second-order valence-corrected chi connectivity index (χ2v) is 30.7. The lowest BCUT2D eigenvalue weighted by molar-refractivity contribution is -0.744. The van der Waals surface area contributed by atoms with Crippen LogP contribution in [0.1, 0.15) is 168 Å². The Morgan fingerprint density at radius 3 is 1.44 bits per heavy atom. The van der Waals surface area contributed by atoms with Gasteiger partial charge in [-0.3, -0.25) is 0 Å². The molecule has 9 aromatic carbocycles. The molecule has 0 amide bonds. The van der Waals surface area contributed by atoms with E-state index in [0.29, 0.717) is 23.4 Å². The van der Waals surface area contributed by atoms with Crippen molar-refractivity contribution in [3.63, 3.8) is 0 Å². The molecule has 0 aliphatic carbocycles. The van der Waals surface area contributed by atoms with Crippen LogP contribution >= 0.6 is 0 Å². The van der Waals surface area contributed by atoms with Gasteiger partial charge in [0.2, 0.25) is 0 Å². The van der Waals surface area contributed by atoms with E-state index in [-0.39, 0.29) is 11.2 Å². The van der Waals surface area contributed by atoms with E-state index in [4.69, 9.17) is 11.0 Å². The predicted molar refractivity (Wildman–Crippen MR) is 445 cm³/mol. The summed E-state index contributed by atoms with van der Waals surface area (Å²) in [4.78, 5) is 8.52. The van der Waals surface area contributed by atoms with E-state index < -0.39 is 37.6 Å². The molecule has 0 unspecified atom stereocenters. The van der Waals surface area contributed by atoms with Crippen molar-refractivity contribution in [3.8, 4) is 62.1 Å². The van der Waals surface area contributed by atoms with E-state index in [1.54, 1.807) is 36.9 Å². The molecule has 0 atom stereocenters. The summed E-state index contributed by atoms with van der Waals surface area (Å²) in [5.41, 5.74) is 20.0. The number of fused-ring (bicyclic) bond motifs is 1. The molecule has 1 fully saturated rings. The van der Waals surface area contributed by atoms with Gasteiger partial charge in [-0.25, -0.2) is 18.5 Å². The molecule has 550 valence electrons. The third-order valence-electron chi connectivity index (χ3n) is 20.6. The monoisotopic (exact) mass is 1430 g/mol. The molecule has 10 heteroatoms. The highest BCUT2D eigenvalue weighted by molar-refractivity contribution is 5.87. The van der Waals surface area contributed by atoms with Crippen LogP contribution in [0, 0.1) is 45.9 Å². The molecule has 2 aliphatic rings. The fraction of sp³-hybridized carbons (Fsp3) is 0.299. The highest BCUT2D eigenvalue weighted by Gasteiger charge is 2.43. The third-order valence-corrected chi connectivity index (χ3v) is 20.6. The van der Waals surface area contributed by atoms with Crippen molar-refractivity contribution >= 4 is 17.2 Å². The molecule has 0 N–H and O–H groups in total. The molecule has 0 bridgehead atoms. The van der Waals surface area contributed by atoms with Crippen LogP contribution in [-0.4, -0.2) is 37.4 Å². The zero-order valence-electron chi connectivity index (χ0n) is 74.0. The minimum atomic E-state index is -2.98. The summed E-state index contributed by atoms with van der Waals surface area (Å²) < 4.78 is 91.5. The lowest BCUT2D eigenvalue weighted by Gasteiger charge is -2.34. The van der Waals surface area contributed by atoms with Gasteiger partial charge >= 0.3 is 0 Å². The summed E-state index contributed by atoms with van der Waals surface area (Å²) in [6, 6.07) is 76.5. The van der Waals surface area contributed by atoms with Gasteiger partial charge < -0.3 is 9.80 Å². The molecule has 1 saturated heterocycles. The first-order valence-corrected chi connectivity index (χ1v) is 37.4. The van der Waals surface area contributed by atoms with Crippen molar-refractivity contribution in [2.75, 3.05) is 22.9 Å². The molecule has 13 aromatic rings. The van der Waals surface area contributed by atoms with Crippen LogP contribution in [0.5, 0.6) is 0 Å². The Balaban J connectivity index is 0.000000146. The van der Waals surface area contributed by atoms with Gasteiger partial charge in [0, 0.05) is 86.5 Å². The summed E-state index contributed by atoms with van der Waals surface area (Å²) in [7, 11) is 6.21. The van der Waals surface area contributed by atoms with Gasteiger partial charge in [0.15, 0.2) is 13.2 Å². The molecule has 6 heterocycles. The average molecular weight is 1430 g/mol. The molecule has 9 nitrogen and oxygen atoms in total. The zero-order chi connectivity index (χ0) is 83.4. The molecule has 15 rings (SSSR count). The summed E-state index contributed by atoms with van der Waals surface area (Å²) in [6.45, 7) is 26.2. The van der Waals surface area contributed by atoms with Crippen molar-refractivity contribution in [1.29, 1.82) is 0 Å². The Morgan fingerprint density at radius 1 is 0.458 bits per heavy atom. The van der Waals surface area contributed by atoms with Crippen molar-refractivity contribution in [3.05, 3.63) is 324 Å². The number of nitrogens with zero attached hydrogens (tertiary/aromatic N) is 9. The number of aryl methyl sites for hydroxylation is 8. The lowest BCUT2D eigenvalue weighted by atomic mass is 9.86. The number of halogens is 1. The molecule has 0 saturated carbocycles. The number of benzene rings is 9. The Hall–Kier alpha value is -10.7. The van der Waals surface area contributed by atoms with E-state index in [1.165, 1.54) is 95.7 Å². The van der Waals surface area contributed by atoms with E-state index in [0.717, 1.165) is 40.6 Å². The number of para-hydroxylation sites is 4. The molecular weight excluding hydrogens is 1310 g/mol. The first-order valence-electron chi connectivity index (χ1n) is 41.4. The summed E-state index contributed by atoms with van der Waals surface area (Å²) in [5.74, 6) is 4.47. The maximum atomic E-state index is 14.0. The molecule has 2 aliphatic heterocycles. The Labute approximate surface area is 649 Å². The molecule has 0 radical (unpaired) electrons. The first kappa shape index (κ1) is 66.9. The van der Waals surface area contributed by atoms with Crippen LogP contribution in [0.15, 0.2) is 268 Å². The minimum Gasteiger partial charge on any atom is -0.366 e. The summed E-state index contributed by atoms with van der Waals surface area (Å²) in [6.07, 6.45) is 12.1. The average Bonchev–Trinajstić information content (AvgIpc) is 1.51. The Bertz CT molecular complexity index is 5430. The molecular formula is C97H113FN9+3. The predicted octanol–water partition coefficient (Wildman–Crippen LogP) is 22.8. The van der Waals surface area contributed by atoms with Gasteiger partial charge in [0.1, 0.15) is 53.5 Å². The third kappa shape index (κ3) is 17.2. The van der Waals surface area contributed by atoms with E-state index in [9.17, 15) is 4.39 Å². The van der Waals surface area contributed by atoms with Crippen LogP contribution in [0.2, 0.25) is 0 Å².